The van der Waals surface area contributed by atoms with Crippen LogP contribution in [0.2, 0.25) is 0 Å². The van der Waals surface area contributed by atoms with Crippen molar-refractivity contribution in [1.82, 2.24) is 9.36 Å². The Morgan fingerprint density at radius 3 is 2.48 bits per heavy atom. The van der Waals surface area contributed by atoms with Gasteiger partial charge in [0, 0.05) is 12.6 Å². The molecule has 134 valence electrons. The van der Waals surface area contributed by atoms with Crippen LogP contribution in [0, 0.1) is 0 Å². The van der Waals surface area contributed by atoms with Crippen LogP contribution >= 0.6 is 0 Å². The molecule has 0 fully saturated rings. The van der Waals surface area contributed by atoms with Gasteiger partial charge < -0.3 is 4.74 Å². The summed E-state index contributed by atoms with van der Waals surface area (Å²) in [6, 6.07) is 20.2. The maximum atomic E-state index is 13.5. The molecule has 0 bridgehead atoms. The van der Waals surface area contributed by atoms with Crippen molar-refractivity contribution < 1.29 is 4.74 Å². The van der Waals surface area contributed by atoms with E-state index in [0.29, 0.717) is 0 Å². The van der Waals surface area contributed by atoms with Crippen LogP contribution in [0.3, 0.4) is 0 Å². The van der Waals surface area contributed by atoms with Crippen LogP contribution in [0.1, 0.15) is 11.1 Å². The molecule has 0 amide bonds. The predicted molar refractivity (Wildman–Crippen MR) is 108 cm³/mol. The van der Waals surface area contributed by atoms with Crippen LogP contribution in [-0.4, -0.2) is 16.5 Å². The number of rotatable bonds is 2. The number of benzene rings is 3. The third kappa shape index (κ3) is 2.26. The second-order valence-electron chi connectivity index (χ2n) is 6.99. The van der Waals surface area contributed by atoms with Crippen molar-refractivity contribution in [2.75, 3.05) is 7.11 Å². The summed E-state index contributed by atoms with van der Waals surface area (Å²) in [6.45, 7) is 0. The van der Waals surface area contributed by atoms with E-state index < -0.39 is 0 Å². The zero-order valence-electron chi connectivity index (χ0n) is 15.4. The summed E-state index contributed by atoms with van der Waals surface area (Å²) in [5.74, 6) is 0.860. The molecule has 3 aromatic carbocycles. The summed E-state index contributed by atoms with van der Waals surface area (Å²) in [4.78, 5) is 13.5. The molecule has 1 aliphatic carbocycles. The highest BCUT2D eigenvalue weighted by Gasteiger charge is 2.24. The van der Waals surface area contributed by atoms with Crippen LogP contribution < -0.4 is 10.3 Å². The maximum absolute atomic E-state index is 13.5. The van der Waals surface area contributed by atoms with Gasteiger partial charge in [0.2, 0.25) is 0 Å². The van der Waals surface area contributed by atoms with Gasteiger partial charge in [-0.15, -0.1) is 0 Å². The molecular formula is C23H20N2O2. The zero-order valence-corrected chi connectivity index (χ0v) is 15.4. The minimum Gasteiger partial charge on any atom is -0.497 e. The SMILES string of the molecule is COc1ccc2c(c1)CCc1ccc3c(c1-2)c(=O)n(-c1ccccc1)n3C. The molecule has 27 heavy (non-hydrogen) atoms. The number of aryl methyl sites for hydroxylation is 3. The lowest BCUT2D eigenvalue weighted by atomic mass is 9.84. The number of nitrogens with zero attached hydrogens (tertiary/aromatic N) is 2. The molecule has 1 aromatic heterocycles. The van der Waals surface area contributed by atoms with E-state index in [-0.39, 0.29) is 5.56 Å². The highest BCUT2D eigenvalue weighted by molar-refractivity contribution is 5.98. The fraction of sp³-hybridized carbons (Fsp3) is 0.174. The van der Waals surface area contributed by atoms with E-state index in [1.165, 1.54) is 11.1 Å². The van der Waals surface area contributed by atoms with Crippen LogP contribution in [0.5, 0.6) is 5.75 Å². The highest BCUT2D eigenvalue weighted by atomic mass is 16.5. The van der Waals surface area contributed by atoms with Gasteiger partial charge in [0.1, 0.15) is 5.75 Å². The fourth-order valence-corrected chi connectivity index (χ4v) is 4.26. The lowest BCUT2D eigenvalue weighted by Gasteiger charge is -2.21. The molecule has 0 aliphatic heterocycles. The van der Waals surface area contributed by atoms with Crippen molar-refractivity contribution >= 4 is 10.9 Å². The first-order valence-corrected chi connectivity index (χ1v) is 9.15. The number of hydrogen-bond acceptors (Lipinski definition) is 2. The van der Waals surface area contributed by atoms with Crippen molar-refractivity contribution in [2.45, 2.75) is 12.8 Å². The molecule has 0 saturated heterocycles. The Hall–Kier alpha value is -3.27. The van der Waals surface area contributed by atoms with Gasteiger partial charge in [-0.25, -0.2) is 4.68 Å². The minimum atomic E-state index is 0.0271. The Bertz CT molecular complexity index is 1230. The summed E-state index contributed by atoms with van der Waals surface area (Å²) >= 11 is 0. The summed E-state index contributed by atoms with van der Waals surface area (Å²) in [7, 11) is 3.63. The molecule has 1 heterocycles. The van der Waals surface area contributed by atoms with E-state index in [2.05, 4.69) is 24.3 Å². The third-order valence-corrected chi connectivity index (χ3v) is 5.57. The van der Waals surface area contributed by atoms with Gasteiger partial charge in [-0.3, -0.25) is 9.48 Å². The molecule has 4 nitrogen and oxygen atoms in total. The largest absolute Gasteiger partial charge is 0.497 e. The van der Waals surface area contributed by atoms with Gasteiger partial charge >= 0.3 is 0 Å². The van der Waals surface area contributed by atoms with Crippen molar-refractivity contribution in [3.63, 3.8) is 0 Å². The van der Waals surface area contributed by atoms with E-state index in [0.717, 1.165) is 46.3 Å². The minimum absolute atomic E-state index is 0.0271. The average Bonchev–Trinajstić information content (AvgIpc) is 2.98. The van der Waals surface area contributed by atoms with E-state index >= 15 is 0 Å². The average molecular weight is 356 g/mol. The van der Waals surface area contributed by atoms with Crippen LogP contribution in [-0.2, 0) is 19.9 Å². The van der Waals surface area contributed by atoms with E-state index in [1.54, 1.807) is 11.8 Å². The van der Waals surface area contributed by atoms with Gasteiger partial charge in [0.25, 0.3) is 5.56 Å². The van der Waals surface area contributed by atoms with Crippen molar-refractivity contribution in [3.8, 4) is 22.6 Å². The van der Waals surface area contributed by atoms with E-state index in [4.69, 9.17) is 4.74 Å². The van der Waals surface area contributed by atoms with Gasteiger partial charge in [0.05, 0.1) is 23.7 Å². The Labute approximate surface area is 157 Å². The molecule has 5 rings (SSSR count). The molecular weight excluding hydrogens is 336 g/mol. The molecule has 0 unspecified atom stereocenters. The van der Waals surface area contributed by atoms with Gasteiger partial charge in [-0.2, -0.15) is 0 Å². The van der Waals surface area contributed by atoms with Crippen molar-refractivity contribution in [2.24, 2.45) is 7.05 Å². The normalized spacial score (nSPS) is 12.7. The Morgan fingerprint density at radius 1 is 0.926 bits per heavy atom. The van der Waals surface area contributed by atoms with Crippen LogP contribution in [0.15, 0.2) is 65.5 Å². The molecule has 0 radical (unpaired) electrons. The summed E-state index contributed by atoms with van der Waals surface area (Å²) < 4.78 is 9.09. The van der Waals surface area contributed by atoms with Gasteiger partial charge in [-0.1, -0.05) is 30.3 Å². The van der Waals surface area contributed by atoms with Crippen molar-refractivity contribution in [1.29, 1.82) is 0 Å². The number of fused-ring (bicyclic) bond motifs is 5. The topological polar surface area (TPSA) is 36.2 Å². The van der Waals surface area contributed by atoms with E-state index in [9.17, 15) is 4.79 Å². The first-order chi connectivity index (χ1) is 13.2. The predicted octanol–water partition coefficient (Wildman–Crippen LogP) is 4.10. The standard InChI is InChI=1S/C23H20N2O2/c1-24-20-13-10-15-8-9-16-14-18(27-2)11-12-19(16)21(15)22(20)23(26)25(24)17-6-4-3-5-7-17/h3-7,10-14H,8-9H2,1-2H3. The Balaban J connectivity index is 1.86. The summed E-state index contributed by atoms with van der Waals surface area (Å²) in [6.07, 6.45) is 1.90. The molecule has 1 aliphatic rings. The number of hydrogen-bond donors (Lipinski definition) is 0. The van der Waals surface area contributed by atoms with Gasteiger partial charge in [0.15, 0.2) is 0 Å². The van der Waals surface area contributed by atoms with Gasteiger partial charge in [-0.05, 0) is 59.9 Å². The molecule has 4 aromatic rings. The van der Waals surface area contributed by atoms with Crippen LogP contribution in [0.4, 0.5) is 0 Å². The molecule has 0 saturated carbocycles. The summed E-state index contributed by atoms with van der Waals surface area (Å²) in [5.41, 5.74) is 6.55. The maximum Gasteiger partial charge on any atom is 0.279 e. The lowest BCUT2D eigenvalue weighted by Crippen LogP contribution is -2.19. The van der Waals surface area contributed by atoms with Crippen molar-refractivity contribution in [3.05, 3.63) is 82.1 Å². The molecule has 0 atom stereocenters. The number of para-hydroxylation sites is 1. The van der Waals surface area contributed by atoms with Crippen LogP contribution in [0.25, 0.3) is 27.7 Å². The second-order valence-corrected chi connectivity index (χ2v) is 6.99. The molecule has 0 N–H and O–H groups in total. The summed E-state index contributed by atoms with van der Waals surface area (Å²) in [5, 5.41) is 0.796. The second kappa shape index (κ2) is 5.88. The smallest absolute Gasteiger partial charge is 0.279 e. The monoisotopic (exact) mass is 356 g/mol. The zero-order chi connectivity index (χ0) is 18.5. The molecule has 4 heteroatoms. The third-order valence-electron chi connectivity index (χ3n) is 5.57. The highest BCUT2D eigenvalue weighted by Crippen LogP contribution is 2.39. The number of ether oxygens (including phenoxy) is 1. The molecule has 0 spiro atoms. The first kappa shape index (κ1) is 15.9. The Kier molecular flexibility index (Phi) is 3.47. The number of aromatic nitrogens is 2. The lowest BCUT2D eigenvalue weighted by molar-refractivity contribution is 0.414. The fourth-order valence-electron chi connectivity index (χ4n) is 4.26. The quantitative estimate of drug-likeness (QED) is 0.542. The Morgan fingerprint density at radius 2 is 1.70 bits per heavy atom. The van der Waals surface area contributed by atoms with E-state index in [1.807, 2.05) is 48.1 Å². The number of methoxy groups -OCH3 is 1. The first-order valence-electron chi connectivity index (χ1n) is 9.15.